The molecule has 0 aliphatic carbocycles. The monoisotopic (exact) mass is 287 g/mol. The minimum atomic E-state index is 0.752. The number of fused-ring (bicyclic) bond motifs is 1. The molecule has 3 heteroatoms. The van der Waals surface area contributed by atoms with Gasteiger partial charge in [0.1, 0.15) is 0 Å². The first-order chi connectivity index (χ1) is 7.24. The highest BCUT2D eigenvalue weighted by Crippen LogP contribution is 2.32. The molecular formula is C12H18BrNS. The van der Waals surface area contributed by atoms with Gasteiger partial charge < -0.3 is 0 Å². The molecule has 0 fully saturated rings. The first-order valence-electron chi connectivity index (χ1n) is 5.75. The van der Waals surface area contributed by atoms with E-state index in [1.54, 1.807) is 10.4 Å². The highest BCUT2D eigenvalue weighted by molar-refractivity contribution is 9.11. The van der Waals surface area contributed by atoms with Crippen molar-refractivity contribution in [2.24, 2.45) is 0 Å². The van der Waals surface area contributed by atoms with Crippen molar-refractivity contribution in [3.63, 3.8) is 0 Å². The average molecular weight is 288 g/mol. The fraction of sp³-hybridized carbons (Fsp3) is 0.667. The van der Waals surface area contributed by atoms with Crippen molar-refractivity contribution in [3.05, 3.63) is 20.3 Å². The second kappa shape index (κ2) is 4.98. The number of thiophene rings is 1. The predicted molar refractivity (Wildman–Crippen MR) is 70.8 cm³/mol. The number of hydrogen-bond acceptors (Lipinski definition) is 2. The van der Waals surface area contributed by atoms with Crippen LogP contribution in [0.4, 0.5) is 0 Å². The first kappa shape index (κ1) is 11.6. The molecule has 0 aromatic carbocycles. The van der Waals surface area contributed by atoms with Gasteiger partial charge in [0.25, 0.3) is 0 Å². The fourth-order valence-corrected chi connectivity index (χ4v) is 4.29. The van der Waals surface area contributed by atoms with Gasteiger partial charge in [0.15, 0.2) is 0 Å². The summed E-state index contributed by atoms with van der Waals surface area (Å²) in [5, 5.41) is 0. The number of rotatable bonds is 2. The lowest BCUT2D eigenvalue weighted by atomic mass is 10.1. The van der Waals surface area contributed by atoms with E-state index in [0.717, 1.165) is 6.04 Å². The van der Waals surface area contributed by atoms with Crippen LogP contribution in [0, 0.1) is 0 Å². The molecule has 0 N–H and O–H groups in total. The molecule has 1 unspecified atom stereocenters. The molecule has 0 saturated carbocycles. The smallest absolute Gasteiger partial charge is 0.0704 e. The Balaban J connectivity index is 2.22. The van der Waals surface area contributed by atoms with Crippen molar-refractivity contribution in [1.82, 2.24) is 4.90 Å². The van der Waals surface area contributed by atoms with Crippen molar-refractivity contribution in [3.8, 4) is 0 Å². The van der Waals surface area contributed by atoms with Crippen molar-refractivity contribution in [1.29, 1.82) is 0 Å². The van der Waals surface area contributed by atoms with Gasteiger partial charge >= 0.3 is 0 Å². The minimum Gasteiger partial charge on any atom is -0.300 e. The molecule has 0 spiro atoms. The van der Waals surface area contributed by atoms with Crippen molar-refractivity contribution >= 4 is 27.3 Å². The Morgan fingerprint density at radius 3 is 3.00 bits per heavy atom. The lowest BCUT2D eigenvalue weighted by Crippen LogP contribution is -2.36. The summed E-state index contributed by atoms with van der Waals surface area (Å²) in [6, 6.07) is 3.06. The summed E-state index contributed by atoms with van der Waals surface area (Å²) in [6.45, 7) is 7.00. The van der Waals surface area contributed by atoms with Crippen LogP contribution in [0.25, 0.3) is 0 Å². The Bertz CT molecular complexity index is 334. The topological polar surface area (TPSA) is 3.24 Å². The summed E-state index contributed by atoms with van der Waals surface area (Å²) in [5.41, 5.74) is 1.57. The zero-order chi connectivity index (χ0) is 10.8. The van der Waals surface area contributed by atoms with Crippen LogP contribution < -0.4 is 0 Å². The van der Waals surface area contributed by atoms with Crippen LogP contribution in [0.2, 0.25) is 0 Å². The van der Waals surface area contributed by atoms with Crippen molar-refractivity contribution < 1.29 is 0 Å². The molecule has 1 atom stereocenters. The SMILES string of the molecule is CCC1Cc2sc(Br)cc2CCN1CC. The Labute approximate surface area is 105 Å². The van der Waals surface area contributed by atoms with Gasteiger partial charge in [-0.05, 0) is 53.4 Å². The van der Waals surface area contributed by atoms with Gasteiger partial charge in [-0.1, -0.05) is 13.8 Å². The number of likely N-dealkylation sites (N-methyl/N-ethyl adjacent to an activating group) is 1. The van der Waals surface area contributed by atoms with Crippen LogP contribution in [0.5, 0.6) is 0 Å². The summed E-state index contributed by atoms with van der Waals surface area (Å²) in [7, 11) is 0. The molecule has 2 heterocycles. The third-order valence-electron chi connectivity index (χ3n) is 3.35. The van der Waals surface area contributed by atoms with E-state index in [2.05, 4.69) is 40.7 Å². The van der Waals surface area contributed by atoms with E-state index in [0.29, 0.717) is 0 Å². The van der Waals surface area contributed by atoms with E-state index < -0.39 is 0 Å². The standard InChI is InChI=1S/C12H18BrNS/c1-3-10-8-11-9(7-12(13)15-11)5-6-14(10)4-2/h7,10H,3-6,8H2,1-2H3. The number of hydrogen-bond donors (Lipinski definition) is 0. The van der Waals surface area contributed by atoms with Gasteiger partial charge in [-0.3, -0.25) is 4.90 Å². The van der Waals surface area contributed by atoms with Crippen molar-refractivity contribution in [2.45, 2.75) is 39.2 Å². The van der Waals surface area contributed by atoms with Gasteiger partial charge in [0.2, 0.25) is 0 Å². The number of halogens is 1. The van der Waals surface area contributed by atoms with E-state index in [1.165, 1.54) is 36.1 Å². The Kier molecular flexibility index (Phi) is 3.86. The van der Waals surface area contributed by atoms with Gasteiger partial charge in [0, 0.05) is 17.5 Å². The first-order valence-corrected chi connectivity index (χ1v) is 7.36. The zero-order valence-corrected chi connectivity index (χ0v) is 11.8. The second-order valence-corrected chi connectivity index (χ2v) is 6.66. The van der Waals surface area contributed by atoms with E-state index in [9.17, 15) is 0 Å². The lowest BCUT2D eigenvalue weighted by Gasteiger charge is -2.27. The number of nitrogens with zero attached hydrogens (tertiary/aromatic N) is 1. The van der Waals surface area contributed by atoms with Crippen LogP contribution in [0.15, 0.2) is 9.85 Å². The molecule has 1 aliphatic rings. The van der Waals surface area contributed by atoms with Gasteiger partial charge in [0.05, 0.1) is 3.79 Å². The van der Waals surface area contributed by atoms with E-state index in [4.69, 9.17) is 0 Å². The normalized spacial score (nSPS) is 22.5. The molecule has 1 aromatic heterocycles. The van der Waals surface area contributed by atoms with Crippen LogP contribution >= 0.6 is 27.3 Å². The molecule has 0 amide bonds. The summed E-state index contributed by atoms with van der Waals surface area (Å²) in [5.74, 6) is 0. The maximum atomic E-state index is 3.60. The minimum absolute atomic E-state index is 0.752. The Morgan fingerprint density at radius 1 is 1.53 bits per heavy atom. The second-order valence-electron chi connectivity index (χ2n) is 4.14. The zero-order valence-electron chi connectivity index (χ0n) is 9.42. The van der Waals surface area contributed by atoms with E-state index >= 15 is 0 Å². The maximum Gasteiger partial charge on any atom is 0.0704 e. The van der Waals surface area contributed by atoms with E-state index in [-0.39, 0.29) is 0 Å². The molecule has 84 valence electrons. The highest BCUT2D eigenvalue weighted by atomic mass is 79.9. The molecular weight excluding hydrogens is 270 g/mol. The van der Waals surface area contributed by atoms with Gasteiger partial charge in [-0.25, -0.2) is 0 Å². The van der Waals surface area contributed by atoms with Crippen molar-refractivity contribution in [2.75, 3.05) is 13.1 Å². The summed E-state index contributed by atoms with van der Waals surface area (Å²) in [6.07, 6.45) is 3.74. The lowest BCUT2D eigenvalue weighted by molar-refractivity contribution is 0.209. The summed E-state index contributed by atoms with van der Waals surface area (Å²) < 4.78 is 1.30. The third-order valence-corrected chi connectivity index (χ3v) is 5.05. The summed E-state index contributed by atoms with van der Waals surface area (Å²) in [4.78, 5) is 4.23. The molecule has 1 aromatic rings. The van der Waals surface area contributed by atoms with Crippen LogP contribution in [0.1, 0.15) is 30.7 Å². The Morgan fingerprint density at radius 2 is 2.33 bits per heavy atom. The maximum absolute atomic E-state index is 3.60. The van der Waals surface area contributed by atoms with Gasteiger partial charge in [-0.2, -0.15) is 0 Å². The van der Waals surface area contributed by atoms with Gasteiger partial charge in [-0.15, -0.1) is 11.3 Å². The molecule has 0 saturated heterocycles. The highest BCUT2D eigenvalue weighted by Gasteiger charge is 2.22. The largest absolute Gasteiger partial charge is 0.300 e. The van der Waals surface area contributed by atoms with Crippen LogP contribution in [0.3, 0.4) is 0 Å². The van der Waals surface area contributed by atoms with Crippen LogP contribution in [-0.4, -0.2) is 24.0 Å². The molecule has 15 heavy (non-hydrogen) atoms. The molecule has 1 nitrogen and oxygen atoms in total. The molecule has 2 rings (SSSR count). The fourth-order valence-electron chi connectivity index (χ4n) is 2.42. The molecule has 0 bridgehead atoms. The van der Waals surface area contributed by atoms with Crippen LogP contribution in [-0.2, 0) is 12.8 Å². The van der Waals surface area contributed by atoms with E-state index in [1.807, 2.05) is 11.3 Å². The predicted octanol–water partition coefficient (Wildman–Crippen LogP) is 3.71. The average Bonchev–Trinajstić information content (AvgIpc) is 2.49. The quantitative estimate of drug-likeness (QED) is 0.802. The molecule has 0 radical (unpaired) electrons. The Hall–Kier alpha value is 0.140. The third kappa shape index (κ3) is 2.45. The molecule has 1 aliphatic heterocycles. The summed E-state index contributed by atoms with van der Waals surface area (Å²) >= 11 is 5.52.